The highest BCUT2D eigenvalue weighted by Crippen LogP contribution is 2.36. The van der Waals surface area contributed by atoms with E-state index in [1.54, 1.807) is 14.0 Å². The predicted molar refractivity (Wildman–Crippen MR) is 156 cm³/mol. The minimum absolute atomic E-state index is 0.0862. The van der Waals surface area contributed by atoms with Gasteiger partial charge < -0.3 is 19.5 Å². The van der Waals surface area contributed by atoms with Crippen LogP contribution in [0.5, 0.6) is 5.75 Å². The van der Waals surface area contributed by atoms with E-state index < -0.39 is 35.3 Å². The van der Waals surface area contributed by atoms with E-state index >= 15 is 0 Å². The van der Waals surface area contributed by atoms with E-state index in [-0.39, 0.29) is 23.9 Å². The molecule has 2 fully saturated rings. The minimum Gasteiger partial charge on any atom is -0.496 e. The topological polar surface area (TPSA) is 134 Å². The smallest absolute Gasteiger partial charge is 0.332 e. The molecule has 14 heteroatoms. The molecule has 2 aliphatic rings. The lowest BCUT2D eigenvalue weighted by molar-refractivity contribution is -0.129. The summed E-state index contributed by atoms with van der Waals surface area (Å²) in [6.07, 6.45) is 4.15. The van der Waals surface area contributed by atoms with Crippen LogP contribution in [0.3, 0.4) is 0 Å². The van der Waals surface area contributed by atoms with Crippen molar-refractivity contribution < 1.29 is 23.8 Å². The molecule has 0 radical (unpaired) electrons. The fourth-order valence-corrected chi connectivity index (χ4v) is 7.31. The number of ether oxygens (including phenoxy) is 2. The SMILES string of the molecule is COc1ccc(F)cc1C(Cn1c(=O)n([C@@H]2CCN(C)C2=O)c(=O)c2c(C)c(-n3nccn3)sc21)OC1CCC(O)CC1. The molecule has 2 atom stereocenters. The van der Waals surface area contributed by atoms with E-state index in [2.05, 4.69) is 10.2 Å². The number of fused-ring (bicyclic) bond motifs is 1. The minimum atomic E-state index is -0.950. The Morgan fingerprint density at radius 3 is 2.49 bits per heavy atom. The van der Waals surface area contributed by atoms with Gasteiger partial charge in [-0.1, -0.05) is 11.3 Å². The van der Waals surface area contributed by atoms with Crippen LogP contribution in [0.25, 0.3) is 15.2 Å². The van der Waals surface area contributed by atoms with Crippen molar-refractivity contribution in [1.82, 2.24) is 29.0 Å². The highest BCUT2D eigenvalue weighted by atomic mass is 32.1. The Balaban J connectivity index is 1.55. The van der Waals surface area contributed by atoms with Crippen molar-refractivity contribution in [2.45, 2.75) is 69.9 Å². The molecule has 228 valence electrons. The Hall–Kier alpha value is -3.88. The number of carbonyl (C=O) groups is 1. The van der Waals surface area contributed by atoms with Crippen molar-refractivity contribution in [2.75, 3.05) is 20.7 Å². The van der Waals surface area contributed by atoms with Crippen LogP contribution in [0.1, 0.15) is 55.4 Å². The summed E-state index contributed by atoms with van der Waals surface area (Å²) in [5.74, 6) is -0.423. The number of methoxy groups -OCH3 is 1. The van der Waals surface area contributed by atoms with E-state index in [0.717, 1.165) is 4.57 Å². The number of aliphatic hydroxyl groups is 1. The van der Waals surface area contributed by atoms with E-state index in [0.29, 0.717) is 65.4 Å². The number of likely N-dealkylation sites (N-methyl/N-ethyl adjacent to an activating group) is 1. The molecule has 0 spiro atoms. The van der Waals surface area contributed by atoms with E-state index in [4.69, 9.17) is 9.47 Å². The van der Waals surface area contributed by atoms with Crippen LogP contribution in [0.4, 0.5) is 4.39 Å². The van der Waals surface area contributed by atoms with Crippen molar-refractivity contribution in [3.05, 3.63) is 68.4 Å². The standard InChI is InChI=1S/C29H33FN6O6S/c1-16-24-26(39)35(21-10-13-33(2)25(21)38)29(40)34(28(24)43-27(16)36-31-11-12-32-36)15-23(42-19-7-5-18(37)6-8-19)20-14-17(30)4-9-22(20)41-3/h4,9,11-12,14,18-19,21,23,37H,5-8,10,13,15H2,1-3H3/t18?,19?,21-,23?/m1/s1. The van der Waals surface area contributed by atoms with E-state index in [1.165, 1.54) is 63.3 Å². The first kappa shape index (κ1) is 29.2. The number of likely N-dealkylation sites (tertiary alicyclic amines) is 1. The van der Waals surface area contributed by atoms with Crippen LogP contribution >= 0.6 is 11.3 Å². The molecule has 1 saturated carbocycles. The molecule has 1 aliphatic carbocycles. The summed E-state index contributed by atoms with van der Waals surface area (Å²) in [6.45, 7) is 2.09. The van der Waals surface area contributed by atoms with Gasteiger partial charge >= 0.3 is 5.69 Å². The van der Waals surface area contributed by atoms with Gasteiger partial charge in [-0.2, -0.15) is 10.2 Å². The van der Waals surface area contributed by atoms with Gasteiger partial charge in [-0.3, -0.25) is 14.2 Å². The summed E-state index contributed by atoms with van der Waals surface area (Å²) in [5, 5.41) is 19.3. The number of halogens is 1. The van der Waals surface area contributed by atoms with Crippen LogP contribution in [0, 0.1) is 12.7 Å². The third-order valence-corrected chi connectivity index (χ3v) is 9.70. The van der Waals surface area contributed by atoms with Crippen molar-refractivity contribution in [1.29, 1.82) is 0 Å². The Morgan fingerprint density at radius 1 is 1.12 bits per heavy atom. The number of benzene rings is 1. The van der Waals surface area contributed by atoms with Crippen LogP contribution in [-0.4, -0.2) is 73.0 Å². The molecule has 4 heterocycles. The number of aromatic nitrogens is 5. The van der Waals surface area contributed by atoms with Crippen molar-refractivity contribution in [3.63, 3.8) is 0 Å². The fraction of sp³-hybridized carbons (Fsp3) is 0.483. The quantitative estimate of drug-likeness (QED) is 0.321. The molecule has 6 rings (SSSR count). The lowest BCUT2D eigenvalue weighted by Crippen LogP contribution is -2.45. The molecule has 4 aromatic rings. The zero-order valence-corrected chi connectivity index (χ0v) is 24.9. The maximum Gasteiger partial charge on any atom is 0.332 e. The summed E-state index contributed by atoms with van der Waals surface area (Å²) >= 11 is 1.18. The maximum absolute atomic E-state index is 14.6. The highest BCUT2D eigenvalue weighted by molar-refractivity contribution is 7.21. The van der Waals surface area contributed by atoms with Crippen molar-refractivity contribution >= 4 is 27.5 Å². The number of amides is 1. The maximum atomic E-state index is 14.6. The number of aryl methyl sites for hydroxylation is 1. The first-order chi connectivity index (χ1) is 20.7. The Morgan fingerprint density at radius 2 is 1.84 bits per heavy atom. The average molecular weight is 613 g/mol. The largest absolute Gasteiger partial charge is 0.496 e. The van der Waals surface area contributed by atoms with Gasteiger partial charge in [0, 0.05) is 24.7 Å². The second-order valence-electron chi connectivity index (χ2n) is 11.1. The second-order valence-corrected chi connectivity index (χ2v) is 12.1. The molecule has 1 saturated heterocycles. The number of carbonyl (C=O) groups excluding carboxylic acids is 1. The number of hydrogen-bond acceptors (Lipinski definition) is 9. The average Bonchev–Trinajstić information content (AvgIpc) is 3.72. The zero-order valence-electron chi connectivity index (χ0n) is 24.1. The number of thiophene rings is 1. The third kappa shape index (κ3) is 5.27. The van der Waals surface area contributed by atoms with Crippen LogP contribution in [-0.2, 0) is 16.1 Å². The lowest BCUT2D eigenvalue weighted by Gasteiger charge is -2.31. The van der Waals surface area contributed by atoms with Gasteiger partial charge in [-0.25, -0.2) is 13.8 Å². The van der Waals surface area contributed by atoms with Gasteiger partial charge in [-0.05, 0) is 57.2 Å². The Kier molecular flexibility index (Phi) is 7.92. The third-order valence-electron chi connectivity index (χ3n) is 8.42. The monoisotopic (exact) mass is 612 g/mol. The first-order valence-electron chi connectivity index (χ1n) is 14.2. The van der Waals surface area contributed by atoms with Gasteiger partial charge in [0.25, 0.3) is 5.56 Å². The van der Waals surface area contributed by atoms with Crippen molar-refractivity contribution in [3.8, 4) is 10.8 Å². The van der Waals surface area contributed by atoms with Crippen molar-refractivity contribution in [2.24, 2.45) is 0 Å². The summed E-state index contributed by atoms with van der Waals surface area (Å²) < 4.78 is 29.3. The summed E-state index contributed by atoms with van der Waals surface area (Å²) in [4.78, 5) is 44.7. The molecule has 1 unspecified atom stereocenters. The highest BCUT2D eigenvalue weighted by Gasteiger charge is 2.36. The summed E-state index contributed by atoms with van der Waals surface area (Å²) in [5.41, 5.74) is -0.232. The summed E-state index contributed by atoms with van der Waals surface area (Å²) in [7, 11) is 3.12. The van der Waals surface area contributed by atoms with Crippen LogP contribution in [0.15, 0.2) is 40.2 Å². The Labute approximate surface area is 249 Å². The molecular weight excluding hydrogens is 579 g/mol. The molecule has 1 aliphatic heterocycles. The number of rotatable bonds is 8. The Bertz CT molecular complexity index is 1770. The number of aliphatic hydroxyl groups excluding tert-OH is 1. The molecule has 3 aromatic heterocycles. The zero-order chi connectivity index (χ0) is 30.4. The lowest BCUT2D eigenvalue weighted by atomic mass is 9.94. The number of nitrogens with zero attached hydrogens (tertiary/aromatic N) is 6. The molecular formula is C29H33FN6O6S. The van der Waals surface area contributed by atoms with Gasteiger partial charge in [0.2, 0.25) is 5.91 Å². The van der Waals surface area contributed by atoms with Gasteiger partial charge in [-0.15, -0.1) is 4.80 Å². The molecule has 43 heavy (non-hydrogen) atoms. The van der Waals surface area contributed by atoms with Gasteiger partial charge in [0.15, 0.2) is 0 Å². The fourth-order valence-electron chi connectivity index (χ4n) is 6.09. The molecule has 1 amide bonds. The molecule has 1 aromatic carbocycles. The van der Waals surface area contributed by atoms with Gasteiger partial charge in [0.1, 0.15) is 33.5 Å². The molecule has 12 nitrogen and oxygen atoms in total. The number of hydrogen-bond donors (Lipinski definition) is 1. The van der Waals surface area contributed by atoms with E-state index in [9.17, 15) is 23.9 Å². The second kappa shape index (κ2) is 11.7. The predicted octanol–water partition coefficient (Wildman–Crippen LogP) is 2.73. The molecule has 0 bridgehead atoms. The summed E-state index contributed by atoms with van der Waals surface area (Å²) in [6, 6.07) is 3.17. The van der Waals surface area contributed by atoms with E-state index in [1.807, 2.05) is 0 Å². The first-order valence-corrected chi connectivity index (χ1v) is 15.1. The molecule has 1 N–H and O–H groups in total. The van der Waals surface area contributed by atoms with Gasteiger partial charge in [0.05, 0.1) is 43.6 Å². The van der Waals surface area contributed by atoms with Crippen LogP contribution < -0.4 is 16.0 Å². The van der Waals surface area contributed by atoms with Crippen LogP contribution in [0.2, 0.25) is 0 Å². The normalized spacial score (nSPS) is 21.6.